The summed E-state index contributed by atoms with van der Waals surface area (Å²) in [5.41, 5.74) is 0. The van der Waals surface area contributed by atoms with Crippen LogP contribution in [-0.4, -0.2) is 24.0 Å². The van der Waals surface area contributed by atoms with Crippen molar-refractivity contribution in [2.45, 2.75) is 51.7 Å². The minimum absolute atomic E-state index is 0.198. The van der Waals surface area contributed by atoms with Crippen LogP contribution in [0.25, 0.3) is 6.08 Å². The van der Waals surface area contributed by atoms with Crippen molar-refractivity contribution in [3.05, 3.63) is 28.5 Å². The summed E-state index contributed by atoms with van der Waals surface area (Å²) in [6.45, 7) is 3.77. The Kier molecular flexibility index (Phi) is 6.19. The number of rotatable bonds is 5. The molecule has 0 saturated heterocycles. The monoisotopic (exact) mass is 321 g/mol. The van der Waals surface area contributed by atoms with Crippen molar-refractivity contribution in [3.8, 4) is 0 Å². The fraction of sp³-hybridized carbons (Fsp3) is 0.529. The van der Waals surface area contributed by atoms with E-state index >= 15 is 0 Å². The van der Waals surface area contributed by atoms with Crippen molar-refractivity contribution in [1.82, 2.24) is 5.32 Å². The highest BCUT2D eigenvalue weighted by molar-refractivity contribution is 7.10. The summed E-state index contributed by atoms with van der Waals surface area (Å²) in [6.07, 6.45) is 6.81. The molecule has 3 atom stereocenters. The number of ether oxygens (including phenoxy) is 1. The molecule has 0 radical (unpaired) electrons. The molecule has 120 valence electrons. The van der Waals surface area contributed by atoms with Crippen molar-refractivity contribution >= 4 is 29.3 Å². The number of hydrogen-bond acceptors (Lipinski definition) is 4. The Labute approximate surface area is 135 Å². The number of carbonyl (C=O) groups excluding carboxylic acids is 2. The van der Waals surface area contributed by atoms with Crippen molar-refractivity contribution in [1.29, 1.82) is 0 Å². The molecule has 0 aromatic carbocycles. The van der Waals surface area contributed by atoms with Crippen LogP contribution in [0.5, 0.6) is 0 Å². The molecule has 0 spiro atoms. The lowest BCUT2D eigenvalue weighted by Crippen LogP contribution is -2.45. The van der Waals surface area contributed by atoms with Gasteiger partial charge in [-0.25, -0.2) is 4.79 Å². The second kappa shape index (κ2) is 8.13. The van der Waals surface area contributed by atoms with E-state index in [9.17, 15) is 9.59 Å². The average Bonchev–Trinajstić information content (AvgIpc) is 3.00. The van der Waals surface area contributed by atoms with Crippen molar-refractivity contribution < 1.29 is 14.3 Å². The lowest BCUT2D eigenvalue weighted by Gasteiger charge is -2.30. The van der Waals surface area contributed by atoms with Gasteiger partial charge in [-0.3, -0.25) is 4.79 Å². The lowest BCUT2D eigenvalue weighted by molar-refractivity contribution is -0.150. The highest BCUT2D eigenvalue weighted by Crippen LogP contribution is 2.23. The Morgan fingerprint density at radius 3 is 2.86 bits per heavy atom. The molecule has 1 aliphatic rings. The standard InChI is InChI=1S/C17H23NO3S/c1-12-6-3-4-8-15(12)18-17(20)13(2)21-16(19)10-9-14-7-5-11-22-14/h5,7,9-13,15H,3-4,6,8H2,1-2H3,(H,18,20)/b10-9+/t12-,13+,15-/m1/s1. The first kappa shape index (κ1) is 16.7. The fourth-order valence-electron chi connectivity index (χ4n) is 2.63. The molecule has 1 N–H and O–H groups in total. The van der Waals surface area contributed by atoms with Gasteiger partial charge in [0.05, 0.1) is 0 Å². The first-order valence-corrected chi connectivity index (χ1v) is 8.67. The Bertz CT molecular complexity index is 524. The summed E-state index contributed by atoms with van der Waals surface area (Å²) in [5.74, 6) is -0.219. The van der Waals surface area contributed by atoms with E-state index in [1.54, 1.807) is 13.0 Å². The maximum absolute atomic E-state index is 12.1. The van der Waals surface area contributed by atoms with E-state index < -0.39 is 12.1 Å². The maximum atomic E-state index is 12.1. The van der Waals surface area contributed by atoms with Gasteiger partial charge in [-0.2, -0.15) is 0 Å². The molecule has 4 nitrogen and oxygen atoms in total. The van der Waals surface area contributed by atoms with Crippen LogP contribution in [0, 0.1) is 5.92 Å². The number of hydrogen-bond donors (Lipinski definition) is 1. The third kappa shape index (κ3) is 4.98. The van der Waals surface area contributed by atoms with E-state index in [2.05, 4.69) is 12.2 Å². The van der Waals surface area contributed by atoms with Gasteiger partial charge in [0.1, 0.15) is 0 Å². The van der Waals surface area contributed by atoms with Gasteiger partial charge in [-0.15, -0.1) is 11.3 Å². The topological polar surface area (TPSA) is 55.4 Å². The van der Waals surface area contributed by atoms with Crippen LogP contribution in [0.3, 0.4) is 0 Å². The molecule has 1 aromatic heterocycles. The average molecular weight is 321 g/mol. The van der Waals surface area contributed by atoms with Gasteiger partial charge < -0.3 is 10.1 Å². The van der Waals surface area contributed by atoms with Gasteiger partial charge in [0.25, 0.3) is 5.91 Å². The molecule has 2 rings (SSSR count). The molecule has 22 heavy (non-hydrogen) atoms. The smallest absolute Gasteiger partial charge is 0.331 e. The second-order valence-electron chi connectivity index (χ2n) is 5.80. The molecule has 5 heteroatoms. The minimum Gasteiger partial charge on any atom is -0.449 e. The van der Waals surface area contributed by atoms with Crippen LogP contribution >= 0.6 is 11.3 Å². The van der Waals surface area contributed by atoms with Crippen molar-refractivity contribution in [2.24, 2.45) is 5.92 Å². The molecule has 1 aliphatic carbocycles. The molecule has 1 heterocycles. The molecule has 0 bridgehead atoms. The van der Waals surface area contributed by atoms with E-state index in [4.69, 9.17) is 4.74 Å². The zero-order valence-corrected chi connectivity index (χ0v) is 13.9. The van der Waals surface area contributed by atoms with E-state index in [-0.39, 0.29) is 11.9 Å². The number of thiophene rings is 1. The molecule has 0 unspecified atom stereocenters. The number of esters is 1. The summed E-state index contributed by atoms with van der Waals surface area (Å²) >= 11 is 1.54. The zero-order valence-electron chi connectivity index (χ0n) is 13.1. The Balaban J connectivity index is 1.79. The Hall–Kier alpha value is -1.62. The van der Waals surface area contributed by atoms with Crippen LogP contribution in [-0.2, 0) is 14.3 Å². The minimum atomic E-state index is -0.769. The van der Waals surface area contributed by atoms with Gasteiger partial charge in [0.2, 0.25) is 0 Å². The molecular weight excluding hydrogens is 298 g/mol. The highest BCUT2D eigenvalue weighted by Gasteiger charge is 2.25. The summed E-state index contributed by atoms with van der Waals surface area (Å²) in [4.78, 5) is 24.8. The summed E-state index contributed by atoms with van der Waals surface area (Å²) in [6, 6.07) is 4.02. The number of carbonyl (C=O) groups is 2. The predicted molar refractivity (Wildman–Crippen MR) is 88.5 cm³/mol. The van der Waals surface area contributed by atoms with Crippen LogP contribution in [0.4, 0.5) is 0 Å². The van der Waals surface area contributed by atoms with Gasteiger partial charge in [0.15, 0.2) is 6.10 Å². The van der Waals surface area contributed by atoms with E-state index in [0.717, 1.165) is 24.1 Å². The van der Waals surface area contributed by atoms with Crippen molar-refractivity contribution in [2.75, 3.05) is 0 Å². The van der Waals surface area contributed by atoms with Crippen molar-refractivity contribution in [3.63, 3.8) is 0 Å². The molecular formula is C17H23NO3S. The van der Waals surface area contributed by atoms with Gasteiger partial charge in [-0.05, 0) is 43.2 Å². The van der Waals surface area contributed by atoms with Crippen LogP contribution in [0.15, 0.2) is 23.6 Å². The third-order valence-corrected chi connectivity index (χ3v) is 4.87. The zero-order chi connectivity index (χ0) is 15.9. The summed E-state index contributed by atoms with van der Waals surface area (Å²) in [7, 11) is 0. The quantitative estimate of drug-likeness (QED) is 0.668. The van der Waals surface area contributed by atoms with Crippen LogP contribution in [0.1, 0.15) is 44.4 Å². The third-order valence-electron chi connectivity index (χ3n) is 4.03. The molecule has 1 amide bonds. The SMILES string of the molecule is C[C@H](OC(=O)/C=C/c1cccs1)C(=O)N[C@@H]1CCCC[C@H]1C. The van der Waals surface area contributed by atoms with Gasteiger partial charge in [0, 0.05) is 17.0 Å². The van der Waals surface area contributed by atoms with Crippen LogP contribution in [0.2, 0.25) is 0 Å². The second-order valence-corrected chi connectivity index (χ2v) is 6.78. The van der Waals surface area contributed by atoms with Gasteiger partial charge in [-0.1, -0.05) is 25.8 Å². The first-order chi connectivity index (χ1) is 10.6. The van der Waals surface area contributed by atoms with E-state index in [0.29, 0.717) is 5.92 Å². The summed E-state index contributed by atoms with van der Waals surface area (Å²) < 4.78 is 5.15. The van der Waals surface area contributed by atoms with Crippen LogP contribution < -0.4 is 5.32 Å². The molecule has 1 saturated carbocycles. The highest BCUT2D eigenvalue weighted by atomic mass is 32.1. The Morgan fingerprint density at radius 1 is 1.41 bits per heavy atom. The van der Waals surface area contributed by atoms with E-state index in [1.807, 2.05) is 17.5 Å². The van der Waals surface area contributed by atoms with Gasteiger partial charge >= 0.3 is 5.97 Å². The molecule has 1 fully saturated rings. The molecule has 0 aliphatic heterocycles. The maximum Gasteiger partial charge on any atom is 0.331 e. The normalized spacial score (nSPS) is 23.2. The number of amides is 1. The first-order valence-electron chi connectivity index (χ1n) is 7.79. The fourth-order valence-corrected chi connectivity index (χ4v) is 3.25. The molecule has 1 aromatic rings. The predicted octanol–water partition coefficient (Wildman–Crippen LogP) is 3.39. The Morgan fingerprint density at radius 2 is 2.18 bits per heavy atom. The number of nitrogens with one attached hydrogen (secondary N) is 1. The van der Waals surface area contributed by atoms with E-state index in [1.165, 1.54) is 23.8 Å². The lowest BCUT2D eigenvalue weighted by atomic mass is 9.86. The largest absolute Gasteiger partial charge is 0.449 e. The summed E-state index contributed by atoms with van der Waals surface area (Å²) in [5, 5.41) is 4.94.